The van der Waals surface area contributed by atoms with Crippen LogP contribution in [0.15, 0.2) is 18.2 Å². The van der Waals surface area contributed by atoms with Crippen LogP contribution in [0.1, 0.15) is 5.01 Å². The van der Waals surface area contributed by atoms with Crippen molar-refractivity contribution in [3.63, 3.8) is 0 Å². The zero-order valence-corrected chi connectivity index (χ0v) is 10.8. The van der Waals surface area contributed by atoms with Crippen LogP contribution in [-0.2, 0) is 0 Å². The molecule has 0 aliphatic heterocycles. The van der Waals surface area contributed by atoms with Gasteiger partial charge in [-0.1, -0.05) is 11.3 Å². The maximum atomic E-state index is 10.9. The van der Waals surface area contributed by atoms with Crippen LogP contribution in [-0.4, -0.2) is 19.8 Å². The molecule has 1 N–H and O–H groups in total. The van der Waals surface area contributed by atoms with E-state index in [2.05, 4.69) is 14.6 Å². The average Bonchev–Trinajstić information content (AvgIpc) is 2.93. The van der Waals surface area contributed by atoms with Crippen LogP contribution >= 0.6 is 22.9 Å². The van der Waals surface area contributed by atoms with Crippen molar-refractivity contribution in [1.29, 1.82) is 0 Å². The first kappa shape index (κ1) is 11.5. The first-order chi connectivity index (χ1) is 8.65. The molecule has 0 saturated heterocycles. The summed E-state index contributed by atoms with van der Waals surface area (Å²) in [5, 5.41) is 30.0. The van der Waals surface area contributed by atoms with E-state index in [1.807, 2.05) is 6.92 Å². The van der Waals surface area contributed by atoms with Gasteiger partial charge in [0.2, 0.25) is 0 Å². The van der Waals surface area contributed by atoms with Gasteiger partial charge in [-0.3, -0.25) is 5.21 Å². The Bertz CT molecular complexity index is 707. The van der Waals surface area contributed by atoms with Crippen LogP contribution in [0.5, 0.6) is 0 Å². The summed E-state index contributed by atoms with van der Waals surface area (Å²) in [5.74, 6) is 0. The molecule has 6 nitrogen and oxygen atoms in total. The molecule has 0 unspecified atom stereocenters. The molecule has 18 heavy (non-hydrogen) atoms. The molecular formula is C10H7N4O2S2-. The number of hydrogen-bond donors (Lipinski definition) is 1. The molecule has 0 aliphatic carbocycles. The van der Waals surface area contributed by atoms with E-state index < -0.39 is 0 Å². The van der Waals surface area contributed by atoms with Gasteiger partial charge in [-0.05, 0) is 36.7 Å². The summed E-state index contributed by atoms with van der Waals surface area (Å²) in [7, 11) is 0. The first-order valence-corrected chi connectivity index (χ1v) is 6.60. The van der Waals surface area contributed by atoms with Crippen molar-refractivity contribution in [3.8, 4) is 10.7 Å². The molecule has 0 atom stereocenters. The highest BCUT2D eigenvalue weighted by Crippen LogP contribution is 2.34. The third-order valence-electron chi connectivity index (χ3n) is 2.40. The van der Waals surface area contributed by atoms with Crippen molar-refractivity contribution >= 4 is 38.6 Å². The molecule has 3 rings (SSSR count). The van der Waals surface area contributed by atoms with E-state index in [0.29, 0.717) is 10.7 Å². The van der Waals surface area contributed by atoms with Gasteiger partial charge in [0.1, 0.15) is 10.7 Å². The van der Waals surface area contributed by atoms with Crippen LogP contribution in [0.2, 0.25) is 0 Å². The molecule has 1 aromatic carbocycles. The second-order valence-electron chi connectivity index (χ2n) is 3.61. The van der Waals surface area contributed by atoms with Crippen LogP contribution < -0.4 is 5.23 Å². The summed E-state index contributed by atoms with van der Waals surface area (Å²) in [4.78, 5) is 0. The highest BCUT2D eigenvalue weighted by atomic mass is 32.1. The van der Waals surface area contributed by atoms with Crippen molar-refractivity contribution in [2.45, 2.75) is 6.92 Å². The predicted octanol–water partition coefficient (Wildman–Crippen LogP) is 2.82. The minimum absolute atomic E-state index is 0.160. The molecule has 0 saturated carbocycles. The molecule has 0 amide bonds. The van der Waals surface area contributed by atoms with Crippen LogP contribution in [0, 0.1) is 12.1 Å². The highest BCUT2D eigenvalue weighted by Gasteiger charge is 2.13. The topological polar surface area (TPSA) is 85.2 Å². The summed E-state index contributed by atoms with van der Waals surface area (Å²) >= 11 is 2.77. The third kappa shape index (κ3) is 1.85. The van der Waals surface area contributed by atoms with Crippen LogP contribution in [0.3, 0.4) is 0 Å². The molecule has 2 heterocycles. The largest absolute Gasteiger partial charge is 0.733 e. The standard InChI is InChI=1S/C10H7N4O2S2/c1-5-11-12-10(17-5)9-7-4-6(14(15)16)2-3-8(7)18-13-9/h2-4,15H,1H3/q-1. The van der Waals surface area contributed by atoms with Gasteiger partial charge in [0.25, 0.3) is 0 Å². The Morgan fingerprint density at radius 3 is 2.83 bits per heavy atom. The SMILES string of the molecule is Cc1nnc(-c2nsc3ccc(N([O-])O)cc23)s1. The van der Waals surface area contributed by atoms with E-state index >= 15 is 0 Å². The lowest BCUT2D eigenvalue weighted by Crippen LogP contribution is -2.06. The van der Waals surface area contributed by atoms with E-state index in [1.54, 1.807) is 18.2 Å². The Kier molecular flexibility index (Phi) is 2.71. The summed E-state index contributed by atoms with van der Waals surface area (Å²) in [6.45, 7) is 1.87. The Balaban J connectivity index is 2.20. The minimum atomic E-state index is -0.160. The molecule has 0 bridgehead atoms. The number of nitrogens with zero attached hydrogens (tertiary/aromatic N) is 4. The first-order valence-electron chi connectivity index (χ1n) is 5.01. The van der Waals surface area contributed by atoms with Crippen molar-refractivity contribution in [1.82, 2.24) is 14.6 Å². The second-order valence-corrected chi connectivity index (χ2v) is 5.60. The number of benzene rings is 1. The fourth-order valence-corrected chi connectivity index (χ4v) is 3.10. The number of aromatic nitrogens is 3. The Morgan fingerprint density at radius 1 is 1.33 bits per heavy atom. The molecule has 3 aromatic rings. The smallest absolute Gasteiger partial charge is 0.168 e. The molecule has 92 valence electrons. The lowest BCUT2D eigenvalue weighted by molar-refractivity contribution is 0.296. The summed E-state index contributed by atoms with van der Waals surface area (Å²) in [5.41, 5.74) is 0.870. The maximum absolute atomic E-state index is 10.9. The van der Waals surface area contributed by atoms with Gasteiger partial charge in [-0.25, -0.2) is 0 Å². The van der Waals surface area contributed by atoms with Crippen molar-refractivity contribution in [2.75, 3.05) is 5.23 Å². The quantitative estimate of drug-likeness (QED) is 0.726. The molecule has 2 aromatic heterocycles. The normalized spacial score (nSPS) is 11.1. The van der Waals surface area contributed by atoms with Crippen molar-refractivity contribution < 1.29 is 5.21 Å². The van der Waals surface area contributed by atoms with Crippen molar-refractivity contribution in [2.24, 2.45) is 0 Å². The van der Waals surface area contributed by atoms with Gasteiger partial charge in [0, 0.05) is 5.39 Å². The number of aryl methyl sites for hydroxylation is 1. The third-order valence-corrected chi connectivity index (χ3v) is 4.07. The number of fused-ring (bicyclic) bond motifs is 1. The van der Waals surface area contributed by atoms with Gasteiger partial charge in [0.15, 0.2) is 5.01 Å². The summed E-state index contributed by atoms with van der Waals surface area (Å²) in [6.07, 6.45) is 0. The molecule has 0 aliphatic rings. The molecule has 0 spiro atoms. The molecule has 0 radical (unpaired) electrons. The van der Waals surface area contributed by atoms with Gasteiger partial charge < -0.3 is 10.4 Å². The van der Waals surface area contributed by atoms with Crippen molar-refractivity contribution in [3.05, 3.63) is 28.4 Å². The lowest BCUT2D eigenvalue weighted by Gasteiger charge is -2.21. The van der Waals surface area contributed by atoms with Gasteiger partial charge in [-0.15, -0.1) is 10.2 Å². The fraction of sp³-hybridized carbons (Fsp3) is 0.100. The molecule has 0 fully saturated rings. The predicted molar refractivity (Wildman–Crippen MR) is 70.9 cm³/mol. The van der Waals surface area contributed by atoms with Crippen LogP contribution in [0.4, 0.5) is 5.69 Å². The van der Waals surface area contributed by atoms with E-state index in [9.17, 15) is 5.21 Å². The minimum Gasteiger partial charge on any atom is -0.733 e. The maximum Gasteiger partial charge on any atom is 0.168 e. The van der Waals surface area contributed by atoms with Gasteiger partial charge >= 0.3 is 0 Å². The zero-order valence-electron chi connectivity index (χ0n) is 9.19. The highest BCUT2D eigenvalue weighted by molar-refractivity contribution is 7.16. The number of rotatable bonds is 2. The molecule has 8 heteroatoms. The van der Waals surface area contributed by atoms with Gasteiger partial charge in [0.05, 0.1) is 10.4 Å². The van der Waals surface area contributed by atoms with E-state index in [4.69, 9.17) is 5.21 Å². The van der Waals surface area contributed by atoms with Gasteiger partial charge in [-0.2, -0.15) is 4.37 Å². The van der Waals surface area contributed by atoms with E-state index in [-0.39, 0.29) is 10.9 Å². The number of anilines is 1. The Hall–Kier alpha value is -1.61. The fourth-order valence-electron chi connectivity index (χ4n) is 1.59. The second kappa shape index (κ2) is 4.25. The summed E-state index contributed by atoms with van der Waals surface area (Å²) < 4.78 is 5.26. The average molecular weight is 279 g/mol. The monoisotopic (exact) mass is 279 g/mol. The molecular weight excluding hydrogens is 272 g/mol. The Morgan fingerprint density at radius 2 is 2.17 bits per heavy atom. The zero-order chi connectivity index (χ0) is 12.7. The van der Waals surface area contributed by atoms with E-state index in [0.717, 1.165) is 15.1 Å². The van der Waals surface area contributed by atoms with E-state index in [1.165, 1.54) is 22.9 Å². The lowest BCUT2D eigenvalue weighted by atomic mass is 10.2. The number of hydrogen-bond acceptors (Lipinski definition) is 8. The van der Waals surface area contributed by atoms with Crippen LogP contribution in [0.25, 0.3) is 20.8 Å². The Labute approximate surface area is 110 Å². The summed E-state index contributed by atoms with van der Waals surface area (Å²) in [6, 6.07) is 4.89.